The molecular weight excluding hydrogens is 310 g/mol. The highest BCUT2D eigenvalue weighted by Crippen LogP contribution is 2.30. The molecule has 0 radical (unpaired) electrons. The molecule has 4 nitrogen and oxygen atoms in total. The summed E-state index contributed by atoms with van der Waals surface area (Å²) in [5, 5.41) is 3.55. The third-order valence-electron chi connectivity index (χ3n) is 5.81. The first-order valence-corrected chi connectivity index (χ1v) is 9.53. The average molecular weight is 341 g/mol. The second-order valence-electron chi connectivity index (χ2n) is 7.66. The molecule has 0 saturated carbocycles. The largest absolute Gasteiger partial charge is 0.384 e. The maximum absolute atomic E-state index is 12.6. The SMILES string of the molecule is CC1=CCC[C@H](C)[C@H]1CNc1ccc(C(=O)N2CCN(C)CC2)cc1. The van der Waals surface area contributed by atoms with Gasteiger partial charge in [0, 0.05) is 44.0 Å². The van der Waals surface area contributed by atoms with Crippen LogP contribution in [0.25, 0.3) is 0 Å². The number of anilines is 1. The molecule has 1 aliphatic carbocycles. The smallest absolute Gasteiger partial charge is 0.253 e. The number of allylic oxidation sites excluding steroid dienone is 1. The maximum atomic E-state index is 12.6. The lowest BCUT2D eigenvalue weighted by Gasteiger charge is -2.32. The zero-order valence-corrected chi connectivity index (χ0v) is 15.8. The normalized spacial score (nSPS) is 24.8. The van der Waals surface area contributed by atoms with Crippen LogP contribution in [0.15, 0.2) is 35.9 Å². The minimum absolute atomic E-state index is 0.152. The van der Waals surface area contributed by atoms with Gasteiger partial charge in [-0.3, -0.25) is 4.79 Å². The van der Waals surface area contributed by atoms with Gasteiger partial charge in [-0.25, -0.2) is 0 Å². The second kappa shape index (κ2) is 8.05. The summed E-state index contributed by atoms with van der Waals surface area (Å²) in [5.74, 6) is 1.50. The summed E-state index contributed by atoms with van der Waals surface area (Å²) in [6, 6.07) is 7.98. The number of nitrogens with one attached hydrogen (secondary N) is 1. The topological polar surface area (TPSA) is 35.6 Å². The fourth-order valence-corrected chi connectivity index (χ4v) is 3.89. The Kier molecular flexibility index (Phi) is 5.79. The van der Waals surface area contributed by atoms with Crippen molar-refractivity contribution >= 4 is 11.6 Å². The van der Waals surface area contributed by atoms with Gasteiger partial charge in [0.05, 0.1) is 0 Å². The van der Waals surface area contributed by atoms with Gasteiger partial charge in [-0.15, -0.1) is 0 Å². The Morgan fingerprint density at radius 1 is 1.16 bits per heavy atom. The number of carbonyl (C=O) groups is 1. The highest BCUT2D eigenvalue weighted by Gasteiger charge is 2.22. The molecule has 136 valence electrons. The summed E-state index contributed by atoms with van der Waals surface area (Å²) in [4.78, 5) is 16.8. The number of hydrogen-bond acceptors (Lipinski definition) is 3. The van der Waals surface area contributed by atoms with E-state index < -0.39 is 0 Å². The summed E-state index contributed by atoms with van der Waals surface area (Å²) in [5.41, 5.74) is 3.39. The number of hydrogen-bond donors (Lipinski definition) is 1. The Bertz CT molecular complexity index is 615. The zero-order chi connectivity index (χ0) is 17.8. The minimum atomic E-state index is 0.152. The summed E-state index contributed by atoms with van der Waals surface area (Å²) >= 11 is 0. The van der Waals surface area contributed by atoms with Crippen molar-refractivity contribution in [2.45, 2.75) is 26.7 Å². The molecular formula is C21H31N3O. The molecule has 1 amide bonds. The monoisotopic (exact) mass is 341 g/mol. The molecule has 0 unspecified atom stereocenters. The van der Waals surface area contributed by atoms with Crippen molar-refractivity contribution in [1.29, 1.82) is 0 Å². The van der Waals surface area contributed by atoms with E-state index in [-0.39, 0.29) is 5.91 Å². The number of nitrogens with zero attached hydrogens (tertiary/aromatic N) is 2. The van der Waals surface area contributed by atoms with Crippen LogP contribution in [0.5, 0.6) is 0 Å². The number of likely N-dealkylation sites (N-methyl/N-ethyl adjacent to an activating group) is 1. The van der Waals surface area contributed by atoms with Gasteiger partial charge in [0.2, 0.25) is 0 Å². The van der Waals surface area contributed by atoms with E-state index in [2.05, 4.69) is 37.2 Å². The van der Waals surface area contributed by atoms with Crippen LogP contribution in [0.2, 0.25) is 0 Å². The standard InChI is InChI=1S/C21H31N3O/c1-16-5-4-6-17(2)20(16)15-22-19-9-7-18(8-10-19)21(25)24-13-11-23(3)12-14-24/h5,7-10,17,20,22H,4,6,11-15H2,1-3H3/t17-,20-/m0/s1. The van der Waals surface area contributed by atoms with E-state index >= 15 is 0 Å². The number of piperazine rings is 1. The number of carbonyl (C=O) groups excluding carboxylic acids is 1. The van der Waals surface area contributed by atoms with Crippen molar-refractivity contribution in [3.8, 4) is 0 Å². The zero-order valence-electron chi connectivity index (χ0n) is 15.8. The first-order valence-electron chi connectivity index (χ1n) is 9.53. The Balaban J connectivity index is 1.56. The van der Waals surface area contributed by atoms with Gasteiger partial charge in [-0.1, -0.05) is 18.6 Å². The van der Waals surface area contributed by atoms with Crippen molar-refractivity contribution in [3.63, 3.8) is 0 Å². The molecule has 1 N–H and O–H groups in total. The molecule has 2 atom stereocenters. The van der Waals surface area contributed by atoms with E-state index in [1.54, 1.807) is 0 Å². The molecule has 0 bridgehead atoms. The van der Waals surface area contributed by atoms with Gasteiger partial charge in [0.15, 0.2) is 0 Å². The molecule has 3 rings (SSSR count). The van der Waals surface area contributed by atoms with Gasteiger partial charge < -0.3 is 15.1 Å². The van der Waals surface area contributed by atoms with Crippen molar-refractivity contribution in [1.82, 2.24) is 9.80 Å². The average Bonchev–Trinajstić information content (AvgIpc) is 2.62. The van der Waals surface area contributed by atoms with E-state index in [1.807, 2.05) is 29.2 Å². The highest BCUT2D eigenvalue weighted by atomic mass is 16.2. The van der Waals surface area contributed by atoms with Gasteiger partial charge >= 0.3 is 0 Å². The lowest BCUT2D eigenvalue weighted by Crippen LogP contribution is -2.47. The Morgan fingerprint density at radius 2 is 1.84 bits per heavy atom. The number of amides is 1. The van der Waals surface area contributed by atoms with E-state index in [0.717, 1.165) is 49.9 Å². The quantitative estimate of drug-likeness (QED) is 0.852. The van der Waals surface area contributed by atoms with Crippen molar-refractivity contribution in [2.75, 3.05) is 45.1 Å². The van der Waals surface area contributed by atoms with Gasteiger partial charge in [-0.2, -0.15) is 0 Å². The van der Waals surface area contributed by atoms with Crippen LogP contribution >= 0.6 is 0 Å². The van der Waals surface area contributed by atoms with Gasteiger partial charge in [0.1, 0.15) is 0 Å². The molecule has 25 heavy (non-hydrogen) atoms. The Hall–Kier alpha value is -1.81. The first kappa shape index (κ1) is 18.0. The second-order valence-corrected chi connectivity index (χ2v) is 7.66. The van der Waals surface area contributed by atoms with Crippen LogP contribution in [-0.4, -0.2) is 55.5 Å². The fourth-order valence-electron chi connectivity index (χ4n) is 3.89. The van der Waals surface area contributed by atoms with Crippen LogP contribution in [-0.2, 0) is 0 Å². The predicted molar refractivity (Wildman–Crippen MR) is 104 cm³/mol. The highest BCUT2D eigenvalue weighted by molar-refractivity contribution is 5.94. The molecule has 1 saturated heterocycles. The van der Waals surface area contributed by atoms with Crippen LogP contribution < -0.4 is 5.32 Å². The number of benzene rings is 1. The fraction of sp³-hybridized carbons (Fsp3) is 0.571. The molecule has 1 aromatic carbocycles. The molecule has 1 fully saturated rings. The Labute approximate surface area is 151 Å². The van der Waals surface area contributed by atoms with Crippen LogP contribution in [0, 0.1) is 11.8 Å². The van der Waals surface area contributed by atoms with Crippen molar-refractivity contribution in [3.05, 3.63) is 41.5 Å². The van der Waals surface area contributed by atoms with Gasteiger partial charge in [-0.05, 0) is 62.9 Å². The maximum Gasteiger partial charge on any atom is 0.253 e. The first-order chi connectivity index (χ1) is 12.0. The lowest BCUT2D eigenvalue weighted by atomic mass is 9.80. The summed E-state index contributed by atoms with van der Waals surface area (Å²) in [6.07, 6.45) is 4.87. The van der Waals surface area contributed by atoms with Crippen LogP contribution in [0.3, 0.4) is 0 Å². The number of rotatable bonds is 4. The van der Waals surface area contributed by atoms with Crippen molar-refractivity contribution < 1.29 is 4.79 Å². The van der Waals surface area contributed by atoms with E-state index in [9.17, 15) is 4.79 Å². The summed E-state index contributed by atoms with van der Waals surface area (Å²) in [7, 11) is 2.10. The summed E-state index contributed by atoms with van der Waals surface area (Å²) < 4.78 is 0. The van der Waals surface area contributed by atoms with E-state index in [0.29, 0.717) is 5.92 Å². The molecule has 4 heteroatoms. The minimum Gasteiger partial charge on any atom is -0.384 e. The van der Waals surface area contributed by atoms with Crippen LogP contribution in [0.4, 0.5) is 5.69 Å². The van der Waals surface area contributed by atoms with E-state index in [4.69, 9.17) is 0 Å². The molecule has 1 aromatic rings. The van der Waals surface area contributed by atoms with E-state index in [1.165, 1.54) is 18.4 Å². The van der Waals surface area contributed by atoms with Crippen LogP contribution in [0.1, 0.15) is 37.0 Å². The molecule has 0 aromatic heterocycles. The lowest BCUT2D eigenvalue weighted by molar-refractivity contribution is 0.0664. The molecule has 2 aliphatic rings. The predicted octanol–water partition coefficient (Wildman–Crippen LogP) is 3.48. The molecule has 1 heterocycles. The third kappa shape index (κ3) is 4.43. The molecule has 0 spiro atoms. The molecule has 1 aliphatic heterocycles. The van der Waals surface area contributed by atoms with Crippen molar-refractivity contribution in [2.24, 2.45) is 11.8 Å². The van der Waals surface area contributed by atoms with Gasteiger partial charge in [0.25, 0.3) is 5.91 Å². The third-order valence-corrected chi connectivity index (χ3v) is 5.81. The Morgan fingerprint density at radius 3 is 2.48 bits per heavy atom. The summed E-state index contributed by atoms with van der Waals surface area (Å²) in [6.45, 7) is 9.12.